The Bertz CT molecular complexity index is 439. The molecule has 1 aliphatic rings. The predicted molar refractivity (Wildman–Crippen MR) is 90.3 cm³/mol. The van der Waals surface area contributed by atoms with Gasteiger partial charge in [0.05, 0.1) is 6.61 Å². The van der Waals surface area contributed by atoms with Crippen molar-refractivity contribution < 1.29 is 4.74 Å². The summed E-state index contributed by atoms with van der Waals surface area (Å²) < 4.78 is 5.08. The van der Waals surface area contributed by atoms with Gasteiger partial charge in [0.2, 0.25) is 0 Å². The van der Waals surface area contributed by atoms with Crippen LogP contribution in [0.4, 0.5) is 5.69 Å². The van der Waals surface area contributed by atoms with Crippen molar-refractivity contribution in [2.24, 2.45) is 0 Å². The van der Waals surface area contributed by atoms with Gasteiger partial charge in [-0.3, -0.25) is 0 Å². The van der Waals surface area contributed by atoms with Crippen molar-refractivity contribution in [2.45, 2.75) is 45.2 Å². The number of nitrogens with one attached hydrogen (secondary N) is 1. The number of benzene rings is 1. The summed E-state index contributed by atoms with van der Waals surface area (Å²) in [4.78, 5) is 2.53. The van der Waals surface area contributed by atoms with E-state index >= 15 is 0 Å². The third-order valence-electron chi connectivity index (χ3n) is 4.24. The van der Waals surface area contributed by atoms with Gasteiger partial charge in [0.1, 0.15) is 0 Å². The van der Waals surface area contributed by atoms with E-state index in [4.69, 9.17) is 16.3 Å². The van der Waals surface area contributed by atoms with E-state index < -0.39 is 0 Å². The van der Waals surface area contributed by atoms with Crippen LogP contribution in [0.5, 0.6) is 0 Å². The summed E-state index contributed by atoms with van der Waals surface area (Å²) in [5.74, 6) is 0. The molecule has 1 N–H and O–H groups in total. The molecular formula is C17H27ClN2O. The smallest absolute Gasteiger partial charge is 0.0587 e. The molecule has 0 aliphatic carbocycles. The molecule has 1 aromatic carbocycles. The second-order valence-electron chi connectivity index (χ2n) is 5.80. The van der Waals surface area contributed by atoms with Gasteiger partial charge in [-0.05, 0) is 31.9 Å². The van der Waals surface area contributed by atoms with E-state index in [0.29, 0.717) is 6.04 Å². The summed E-state index contributed by atoms with van der Waals surface area (Å²) in [6.45, 7) is 5.82. The van der Waals surface area contributed by atoms with Crippen LogP contribution >= 0.6 is 11.6 Å². The van der Waals surface area contributed by atoms with Crippen LogP contribution in [0.2, 0.25) is 5.02 Å². The molecule has 1 saturated heterocycles. The average molecular weight is 311 g/mol. The molecule has 21 heavy (non-hydrogen) atoms. The van der Waals surface area contributed by atoms with Crippen molar-refractivity contribution >= 4 is 17.3 Å². The lowest BCUT2D eigenvalue weighted by molar-refractivity contribution is 0.199. The molecular weight excluding hydrogens is 284 g/mol. The molecule has 4 heteroatoms. The SMILES string of the molecule is COCCNCc1c(Cl)cccc1N1CCCCCC1C. The van der Waals surface area contributed by atoms with Crippen LogP contribution in [-0.2, 0) is 11.3 Å². The van der Waals surface area contributed by atoms with Crippen LogP contribution in [0.25, 0.3) is 0 Å². The summed E-state index contributed by atoms with van der Waals surface area (Å²) in [7, 11) is 1.72. The summed E-state index contributed by atoms with van der Waals surface area (Å²) in [5.41, 5.74) is 2.51. The Morgan fingerprint density at radius 2 is 2.19 bits per heavy atom. The monoisotopic (exact) mass is 310 g/mol. The van der Waals surface area contributed by atoms with E-state index in [1.54, 1.807) is 7.11 Å². The minimum absolute atomic E-state index is 0.587. The lowest BCUT2D eigenvalue weighted by atomic mass is 10.1. The Morgan fingerprint density at radius 1 is 1.33 bits per heavy atom. The number of ether oxygens (including phenoxy) is 1. The topological polar surface area (TPSA) is 24.5 Å². The minimum Gasteiger partial charge on any atom is -0.383 e. The first kappa shape index (κ1) is 16.6. The first-order valence-corrected chi connectivity index (χ1v) is 8.35. The van der Waals surface area contributed by atoms with E-state index in [1.807, 2.05) is 6.07 Å². The second-order valence-corrected chi connectivity index (χ2v) is 6.21. The van der Waals surface area contributed by atoms with E-state index in [-0.39, 0.29) is 0 Å². The van der Waals surface area contributed by atoms with Crippen LogP contribution in [0, 0.1) is 0 Å². The maximum atomic E-state index is 6.45. The predicted octanol–water partition coefficient (Wildman–Crippen LogP) is 3.84. The molecule has 1 unspecified atom stereocenters. The highest BCUT2D eigenvalue weighted by Crippen LogP contribution is 2.31. The molecule has 0 spiro atoms. The second kappa shape index (κ2) is 8.62. The Hall–Kier alpha value is -0.770. The number of rotatable bonds is 6. The molecule has 1 fully saturated rings. The van der Waals surface area contributed by atoms with Gasteiger partial charge in [0.25, 0.3) is 0 Å². The number of anilines is 1. The third kappa shape index (κ3) is 4.60. The lowest BCUT2D eigenvalue weighted by Gasteiger charge is -2.32. The average Bonchev–Trinajstić information content (AvgIpc) is 2.69. The fraction of sp³-hybridized carbons (Fsp3) is 0.647. The minimum atomic E-state index is 0.587. The molecule has 1 heterocycles. The van der Waals surface area contributed by atoms with Gasteiger partial charge >= 0.3 is 0 Å². The molecule has 0 amide bonds. The summed E-state index contributed by atoms with van der Waals surface area (Å²) in [6.07, 6.45) is 5.21. The van der Waals surface area contributed by atoms with Crippen LogP contribution in [0.1, 0.15) is 38.2 Å². The number of hydrogen-bond acceptors (Lipinski definition) is 3. The molecule has 3 nitrogen and oxygen atoms in total. The van der Waals surface area contributed by atoms with Crippen molar-refractivity contribution in [1.29, 1.82) is 0 Å². The van der Waals surface area contributed by atoms with E-state index in [0.717, 1.165) is 31.3 Å². The van der Waals surface area contributed by atoms with E-state index in [1.165, 1.54) is 36.9 Å². The Balaban J connectivity index is 2.15. The Labute approximate surface area is 133 Å². The van der Waals surface area contributed by atoms with Gasteiger partial charge in [0.15, 0.2) is 0 Å². The van der Waals surface area contributed by atoms with Gasteiger partial charge in [-0.2, -0.15) is 0 Å². The van der Waals surface area contributed by atoms with Crippen molar-refractivity contribution in [3.63, 3.8) is 0 Å². The Morgan fingerprint density at radius 3 is 3.00 bits per heavy atom. The zero-order chi connectivity index (χ0) is 15.1. The molecule has 0 saturated carbocycles. The molecule has 1 atom stereocenters. The van der Waals surface area contributed by atoms with Crippen LogP contribution in [0.15, 0.2) is 18.2 Å². The van der Waals surface area contributed by atoms with E-state index in [9.17, 15) is 0 Å². The molecule has 1 aliphatic heterocycles. The number of methoxy groups -OCH3 is 1. The number of nitrogens with zero attached hydrogens (tertiary/aromatic N) is 1. The maximum absolute atomic E-state index is 6.45. The lowest BCUT2D eigenvalue weighted by Crippen LogP contribution is -2.34. The van der Waals surface area contributed by atoms with Crippen molar-refractivity contribution in [2.75, 3.05) is 31.7 Å². The van der Waals surface area contributed by atoms with Crippen LogP contribution < -0.4 is 10.2 Å². The molecule has 0 aromatic heterocycles. The number of hydrogen-bond donors (Lipinski definition) is 1. The zero-order valence-corrected chi connectivity index (χ0v) is 14.0. The standard InChI is InChI=1S/C17H27ClN2O/c1-14-7-4-3-5-11-20(14)17-9-6-8-16(18)15(17)13-19-10-12-21-2/h6,8-9,14,19H,3-5,7,10-13H2,1-2H3. The van der Waals surface area contributed by atoms with Gasteiger partial charge in [-0.15, -0.1) is 0 Å². The summed E-state index contributed by atoms with van der Waals surface area (Å²) >= 11 is 6.45. The van der Waals surface area contributed by atoms with Gasteiger partial charge < -0.3 is 15.0 Å². The third-order valence-corrected chi connectivity index (χ3v) is 4.60. The first-order valence-electron chi connectivity index (χ1n) is 7.97. The highest BCUT2D eigenvalue weighted by Gasteiger charge is 2.20. The molecule has 118 valence electrons. The largest absolute Gasteiger partial charge is 0.383 e. The molecule has 2 rings (SSSR count). The normalized spacial score (nSPS) is 19.6. The quantitative estimate of drug-likeness (QED) is 0.808. The molecule has 0 bridgehead atoms. The Kier molecular flexibility index (Phi) is 6.81. The summed E-state index contributed by atoms with van der Waals surface area (Å²) in [6, 6.07) is 6.85. The van der Waals surface area contributed by atoms with Gasteiger partial charge in [-0.25, -0.2) is 0 Å². The molecule has 0 radical (unpaired) electrons. The molecule has 1 aromatic rings. The number of halogens is 1. The fourth-order valence-electron chi connectivity index (χ4n) is 3.01. The van der Waals surface area contributed by atoms with Crippen LogP contribution in [-0.4, -0.2) is 32.8 Å². The van der Waals surface area contributed by atoms with Crippen molar-refractivity contribution in [3.8, 4) is 0 Å². The summed E-state index contributed by atoms with van der Waals surface area (Å²) in [5, 5.41) is 4.27. The van der Waals surface area contributed by atoms with E-state index in [2.05, 4.69) is 29.3 Å². The van der Waals surface area contributed by atoms with Crippen LogP contribution in [0.3, 0.4) is 0 Å². The first-order chi connectivity index (χ1) is 10.2. The van der Waals surface area contributed by atoms with Gasteiger partial charge in [0, 0.05) is 49.1 Å². The highest BCUT2D eigenvalue weighted by atomic mass is 35.5. The maximum Gasteiger partial charge on any atom is 0.0587 e. The fourth-order valence-corrected chi connectivity index (χ4v) is 3.25. The highest BCUT2D eigenvalue weighted by molar-refractivity contribution is 6.31. The van der Waals surface area contributed by atoms with Crippen molar-refractivity contribution in [1.82, 2.24) is 5.32 Å². The zero-order valence-electron chi connectivity index (χ0n) is 13.2. The van der Waals surface area contributed by atoms with Gasteiger partial charge in [-0.1, -0.05) is 30.5 Å². The van der Waals surface area contributed by atoms with Crippen molar-refractivity contribution in [3.05, 3.63) is 28.8 Å².